The third kappa shape index (κ3) is 3.51. The minimum atomic E-state index is -0.800. The van der Waals surface area contributed by atoms with E-state index in [4.69, 9.17) is 5.73 Å². The molecule has 1 aromatic rings. The molecule has 1 aliphatic rings. The van der Waals surface area contributed by atoms with Crippen LogP contribution >= 0.6 is 0 Å². The Kier molecular flexibility index (Phi) is 4.88. The van der Waals surface area contributed by atoms with Gasteiger partial charge in [-0.2, -0.15) is 0 Å². The molecular weight excluding hydrogens is 246 g/mol. The van der Waals surface area contributed by atoms with Crippen LogP contribution < -0.4 is 5.73 Å². The van der Waals surface area contributed by atoms with Gasteiger partial charge in [0, 0.05) is 25.0 Å². The van der Waals surface area contributed by atoms with E-state index in [1.807, 2.05) is 0 Å². The van der Waals surface area contributed by atoms with Gasteiger partial charge in [-0.25, -0.2) is 8.78 Å². The van der Waals surface area contributed by atoms with Crippen LogP contribution in [0, 0.1) is 11.6 Å². The fourth-order valence-electron chi connectivity index (χ4n) is 2.79. The number of nitrogens with zero attached hydrogens (tertiary/aromatic N) is 1. The highest BCUT2D eigenvalue weighted by Crippen LogP contribution is 2.23. The zero-order chi connectivity index (χ0) is 13.8. The molecule has 1 heterocycles. The van der Waals surface area contributed by atoms with E-state index in [9.17, 15) is 8.78 Å². The summed E-state index contributed by atoms with van der Waals surface area (Å²) < 4.78 is 26.3. The van der Waals surface area contributed by atoms with Crippen LogP contribution in [0.3, 0.4) is 0 Å². The molecule has 0 aromatic heterocycles. The van der Waals surface area contributed by atoms with Crippen LogP contribution in [0.5, 0.6) is 0 Å². The summed E-state index contributed by atoms with van der Waals surface area (Å²) >= 11 is 0. The molecule has 1 saturated heterocycles. The number of piperidine rings is 1. The molecule has 0 aliphatic carbocycles. The van der Waals surface area contributed by atoms with Crippen molar-refractivity contribution in [1.82, 2.24) is 4.90 Å². The molecule has 2 nitrogen and oxygen atoms in total. The molecule has 0 saturated carbocycles. The third-order valence-electron chi connectivity index (χ3n) is 4.10. The number of hydrogen-bond acceptors (Lipinski definition) is 2. The molecule has 0 amide bonds. The molecule has 1 fully saturated rings. The predicted molar refractivity (Wildman–Crippen MR) is 73.0 cm³/mol. The Bertz CT molecular complexity index is 423. The molecule has 106 valence electrons. The molecule has 2 unspecified atom stereocenters. The maximum Gasteiger partial charge on any atom is 0.159 e. The molecular formula is C15H22F2N2. The maximum atomic E-state index is 13.3. The average molecular weight is 268 g/mol. The normalized spacial score (nSPS) is 22.4. The lowest BCUT2D eigenvalue weighted by molar-refractivity contribution is 0.151. The van der Waals surface area contributed by atoms with Crippen molar-refractivity contribution < 1.29 is 8.78 Å². The Labute approximate surface area is 113 Å². The van der Waals surface area contributed by atoms with Crippen molar-refractivity contribution in [2.75, 3.05) is 19.6 Å². The van der Waals surface area contributed by atoms with E-state index in [1.165, 1.54) is 31.4 Å². The fraction of sp³-hybridized carbons (Fsp3) is 0.600. The lowest BCUT2D eigenvalue weighted by atomic mass is 9.95. The number of likely N-dealkylation sites (tertiary alicyclic amines) is 1. The molecule has 2 atom stereocenters. The maximum absolute atomic E-state index is 13.3. The molecule has 0 bridgehead atoms. The number of hydrogen-bond donors (Lipinski definition) is 1. The van der Waals surface area contributed by atoms with E-state index in [0.29, 0.717) is 12.6 Å². The third-order valence-corrected chi connectivity index (χ3v) is 4.10. The van der Waals surface area contributed by atoms with Gasteiger partial charge in [0.05, 0.1) is 0 Å². The standard InChI is InChI=1S/C15H22F2N2/c1-11-4-2-3-7-19(11)10-13(9-18)12-5-6-14(16)15(17)8-12/h5-6,8,11,13H,2-4,7,9-10,18H2,1H3. The van der Waals surface area contributed by atoms with Gasteiger partial charge in [-0.15, -0.1) is 0 Å². The Balaban J connectivity index is 2.08. The number of benzene rings is 1. The molecule has 2 rings (SSSR count). The first kappa shape index (κ1) is 14.4. The van der Waals surface area contributed by atoms with Crippen molar-refractivity contribution in [1.29, 1.82) is 0 Å². The van der Waals surface area contributed by atoms with Gasteiger partial charge in [-0.3, -0.25) is 0 Å². The molecule has 1 aliphatic heterocycles. The molecule has 0 spiro atoms. The van der Waals surface area contributed by atoms with Crippen molar-refractivity contribution in [3.05, 3.63) is 35.4 Å². The molecule has 2 N–H and O–H groups in total. The number of halogens is 2. The topological polar surface area (TPSA) is 29.3 Å². The van der Waals surface area contributed by atoms with Crippen LogP contribution in [0.2, 0.25) is 0 Å². The van der Waals surface area contributed by atoms with Gasteiger partial charge in [0.1, 0.15) is 0 Å². The van der Waals surface area contributed by atoms with Crippen LogP contribution in [0.25, 0.3) is 0 Å². The second-order valence-electron chi connectivity index (χ2n) is 5.45. The average Bonchev–Trinajstić information content (AvgIpc) is 2.41. The molecule has 4 heteroatoms. The highest BCUT2D eigenvalue weighted by Gasteiger charge is 2.22. The van der Waals surface area contributed by atoms with Gasteiger partial charge in [-0.1, -0.05) is 12.5 Å². The minimum absolute atomic E-state index is 0.0654. The second kappa shape index (κ2) is 6.44. The molecule has 1 aromatic carbocycles. The summed E-state index contributed by atoms with van der Waals surface area (Å²) in [5.41, 5.74) is 6.60. The van der Waals surface area contributed by atoms with Gasteiger partial charge in [-0.05, 0) is 44.0 Å². The van der Waals surface area contributed by atoms with Crippen molar-refractivity contribution in [3.63, 3.8) is 0 Å². The zero-order valence-electron chi connectivity index (χ0n) is 11.4. The second-order valence-corrected chi connectivity index (χ2v) is 5.45. The van der Waals surface area contributed by atoms with Gasteiger partial charge in [0.25, 0.3) is 0 Å². The summed E-state index contributed by atoms with van der Waals surface area (Å²) in [5, 5.41) is 0. The predicted octanol–water partition coefficient (Wildman–Crippen LogP) is 2.88. The van der Waals surface area contributed by atoms with Crippen molar-refractivity contribution in [2.45, 2.75) is 38.1 Å². The summed E-state index contributed by atoms with van der Waals surface area (Å²) in [6, 6.07) is 4.66. The highest BCUT2D eigenvalue weighted by molar-refractivity contribution is 5.22. The van der Waals surface area contributed by atoms with Crippen molar-refractivity contribution in [3.8, 4) is 0 Å². The smallest absolute Gasteiger partial charge is 0.159 e. The van der Waals surface area contributed by atoms with Crippen LogP contribution in [0.4, 0.5) is 8.78 Å². The zero-order valence-corrected chi connectivity index (χ0v) is 11.4. The monoisotopic (exact) mass is 268 g/mol. The Morgan fingerprint density at radius 1 is 1.32 bits per heavy atom. The number of nitrogens with two attached hydrogens (primary N) is 1. The highest BCUT2D eigenvalue weighted by atomic mass is 19.2. The molecule has 0 radical (unpaired) electrons. The van der Waals surface area contributed by atoms with Crippen molar-refractivity contribution in [2.24, 2.45) is 5.73 Å². The van der Waals surface area contributed by atoms with E-state index in [-0.39, 0.29) is 5.92 Å². The summed E-state index contributed by atoms with van der Waals surface area (Å²) in [4.78, 5) is 2.41. The van der Waals surface area contributed by atoms with Gasteiger partial charge < -0.3 is 10.6 Å². The number of rotatable bonds is 4. The van der Waals surface area contributed by atoms with Crippen molar-refractivity contribution >= 4 is 0 Å². The quantitative estimate of drug-likeness (QED) is 0.909. The Morgan fingerprint density at radius 2 is 2.11 bits per heavy atom. The first-order chi connectivity index (χ1) is 9.11. The minimum Gasteiger partial charge on any atom is -0.330 e. The lowest BCUT2D eigenvalue weighted by Gasteiger charge is -2.35. The van der Waals surface area contributed by atoms with Gasteiger partial charge >= 0.3 is 0 Å². The van der Waals surface area contributed by atoms with Crippen LogP contribution in [0.1, 0.15) is 37.7 Å². The van der Waals surface area contributed by atoms with Gasteiger partial charge in [0.2, 0.25) is 0 Å². The van der Waals surface area contributed by atoms with Crippen LogP contribution in [-0.2, 0) is 0 Å². The first-order valence-electron chi connectivity index (χ1n) is 7.01. The van der Waals surface area contributed by atoms with Gasteiger partial charge in [0.15, 0.2) is 11.6 Å². The lowest BCUT2D eigenvalue weighted by Crippen LogP contribution is -2.41. The summed E-state index contributed by atoms with van der Waals surface area (Å²) in [5.74, 6) is -1.52. The van der Waals surface area contributed by atoms with E-state index in [1.54, 1.807) is 6.07 Å². The summed E-state index contributed by atoms with van der Waals surface area (Å²) in [7, 11) is 0. The Hall–Kier alpha value is -1.00. The first-order valence-corrected chi connectivity index (χ1v) is 7.01. The summed E-state index contributed by atoms with van der Waals surface area (Å²) in [6.07, 6.45) is 3.69. The van der Waals surface area contributed by atoms with E-state index >= 15 is 0 Å². The van der Waals surface area contributed by atoms with Crippen LogP contribution in [-0.4, -0.2) is 30.6 Å². The summed E-state index contributed by atoms with van der Waals surface area (Å²) in [6.45, 7) is 4.57. The molecule has 19 heavy (non-hydrogen) atoms. The Morgan fingerprint density at radius 3 is 2.74 bits per heavy atom. The fourth-order valence-corrected chi connectivity index (χ4v) is 2.79. The largest absolute Gasteiger partial charge is 0.330 e. The van der Waals surface area contributed by atoms with Crippen LogP contribution in [0.15, 0.2) is 18.2 Å². The van der Waals surface area contributed by atoms with E-state index in [0.717, 1.165) is 18.7 Å². The van der Waals surface area contributed by atoms with E-state index in [2.05, 4.69) is 11.8 Å². The SMILES string of the molecule is CC1CCCCN1CC(CN)c1ccc(F)c(F)c1. The van der Waals surface area contributed by atoms with E-state index < -0.39 is 11.6 Å².